The van der Waals surface area contributed by atoms with Crippen molar-refractivity contribution in [2.45, 2.75) is 27.2 Å². The second-order valence-electron chi connectivity index (χ2n) is 3.31. The van der Waals surface area contributed by atoms with Gasteiger partial charge in [0, 0.05) is 12.0 Å². The largest absolute Gasteiger partial charge is 0.294 e. The van der Waals surface area contributed by atoms with Gasteiger partial charge in [-0.3, -0.25) is 4.79 Å². The molecule has 0 saturated carbocycles. The molecule has 0 aliphatic heterocycles. The Bertz CT molecular complexity index is 244. The molecule has 0 aromatic heterocycles. The third kappa shape index (κ3) is 3.88. The molecule has 0 radical (unpaired) electrons. The number of carbonyl (C=O) groups is 1. The van der Waals surface area contributed by atoms with Gasteiger partial charge in [-0.2, -0.15) is 0 Å². The minimum absolute atomic E-state index is 0.0972. The Hall–Kier alpha value is -1.11. The Balaban J connectivity index is 4.61. The predicted molar refractivity (Wildman–Crippen MR) is 57.6 cm³/mol. The second-order valence-corrected chi connectivity index (χ2v) is 3.31. The minimum Gasteiger partial charge on any atom is -0.294 e. The van der Waals surface area contributed by atoms with E-state index < -0.39 is 0 Å². The van der Waals surface area contributed by atoms with E-state index in [1.54, 1.807) is 6.08 Å². The van der Waals surface area contributed by atoms with Crippen LogP contribution >= 0.6 is 0 Å². The van der Waals surface area contributed by atoms with Gasteiger partial charge in [-0.25, -0.2) is 0 Å². The fourth-order valence-corrected chi connectivity index (χ4v) is 0.970. The van der Waals surface area contributed by atoms with E-state index in [0.29, 0.717) is 17.9 Å². The quantitative estimate of drug-likeness (QED) is 0.466. The number of rotatable bonds is 5. The highest BCUT2D eigenvalue weighted by Crippen LogP contribution is 2.13. The highest BCUT2D eigenvalue weighted by molar-refractivity contribution is 5.97. The zero-order valence-corrected chi connectivity index (χ0v) is 8.76. The molecule has 0 unspecified atom stereocenters. The lowest BCUT2D eigenvalue weighted by molar-refractivity contribution is -0.114. The fourth-order valence-electron chi connectivity index (χ4n) is 0.970. The molecule has 0 fully saturated rings. The number of hydrogen-bond acceptors (Lipinski definition) is 1. The van der Waals surface area contributed by atoms with Crippen LogP contribution in [0.5, 0.6) is 0 Å². The molecule has 0 heterocycles. The van der Waals surface area contributed by atoms with Crippen molar-refractivity contribution in [3.05, 3.63) is 36.5 Å². The number of hydrogen-bond donors (Lipinski definition) is 0. The molecular formula is C12H18O. The molecule has 0 aliphatic rings. The van der Waals surface area contributed by atoms with Gasteiger partial charge in [0.1, 0.15) is 0 Å². The van der Waals surface area contributed by atoms with Crippen LogP contribution in [0.4, 0.5) is 0 Å². The Morgan fingerprint density at radius 3 is 2.31 bits per heavy atom. The van der Waals surface area contributed by atoms with Crippen LogP contribution in [0.1, 0.15) is 27.2 Å². The van der Waals surface area contributed by atoms with Crippen molar-refractivity contribution < 1.29 is 4.79 Å². The molecule has 1 heteroatoms. The summed E-state index contributed by atoms with van der Waals surface area (Å²) in [6, 6.07) is 0. The van der Waals surface area contributed by atoms with Crippen LogP contribution in [0.2, 0.25) is 0 Å². The topological polar surface area (TPSA) is 17.1 Å². The van der Waals surface area contributed by atoms with Gasteiger partial charge in [0.25, 0.3) is 0 Å². The monoisotopic (exact) mass is 178 g/mol. The van der Waals surface area contributed by atoms with Gasteiger partial charge in [-0.1, -0.05) is 40.0 Å². The van der Waals surface area contributed by atoms with E-state index >= 15 is 0 Å². The van der Waals surface area contributed by atoms with Crippen molar-refractivity contribution in [1.82, 2.24) is 0 Å². The van der Waals surface area contributed by atoms with Crippen LogP contribution in [0.25, 0.3) is 0 Å². The van der Waals surface area contributed by atoms with Crippen molar-refractivity contribution in [1.29, 1.82) is 0 Å². The zero-order valence-electron chi connectivity index (χ0n) is 8.76. The molecule has 0 rings (SSSR count). The molecule has 1 nitrogen and oxygen atoms in total. The number of Topliss-reactive ketones (excluding diaryl/α,β-unsaturated/α-hetero) is 1. The van der Waals surface area contributed by atoms with Crippen LogP contribution in [0, 0.1) is 5.92 Å². The van der Waals surface area contributed by atoms with Gasteiger partial charge in [0.2, 0.25) is 0 Å². The van der Waals surface area contributed by atoms with E-state index in [1.807, 2.05) is 13.0 Å². The Labute approximate surface area is 80.8 Å². The zero-order chi connectivity index (χ0) is 10.4. The van der Waals surface area contributed by atoms with Crippen molar-refractivity contribution in [2.24, 2.45) is 5.92 Å². The third-order valence-corrected chi connectivity index (χ3v) is 1.92. The van der Waals surface area contributed by atoms with Crippen molar-refractivity contribution in [3.8, 4) is 0 Å². The van der Waals surface area contributed by atoms with Crippen molar-refractivity contribution in [2.75, 3.05) is 0 Å². The molecule has 0 bridgehead atoms. The first-order valence-electron chi connectivity index (χ1n) is 4.59. The summed E-state index contributed by atoms with van der Waals surface area (Å²) in [6.45, 7) is 13.4. The number of allylic oxidation sites excluding steroid dienone is 4. The molecule has 13 heavy (non-hydrogen) atoms. The minimum atomic E-state index is 0.0972. The summed E-state index contributed by atoms with van der Waals surface area (Å²) in [5.74, 6) is 0.485. The van der Waals surface area contributed by atoms with Gasteiger partial charge in [0.05, 0.1) is 0 Å². The lowest BCUT2D eigenvalue weighted by Gasteiger charge is -2.06. The summed E-state index contributed by atoms with van der Waals surface area (Å²) in [6.07, 6.45) is 4.11. The lowest BCUT2D eigenvalue weighted by atomic mass is 9.99. The molecule has 0 amide bonds. The van der Waals surface area contributed by atoms with Crippen LogP contribution < -0.4 is 0 Å². The van der Waals surface area contributed by atoms with Crippen LogP contribution in [0.15, 0.2) is 36.5 Å². The third-order valence-electron chi connectivity index (χ3n) is 1.92. The highest BCUT2D eigenvalue weighted by Gasteiger charge is 2.04. The first-order valence-corrected chi connectivity index (χ1v) is 4.59. The van der Waals surface area contributed by atoms with Crippen LogP contribution in [0.3, 0.4) is 0 Å². The van der Waals surface area contributed by atoms with Gasteiger partial charge in [0.15, 0.2) is 5.78 Å². The van der Waals surface area contributed by atoms with Crippen molar-refractivity contribution >= 4 is 5.78 Å². The van der Waals surface area contributed by atoms with E-state index in [0.717, 1.165) is 5.57 Å². The number of carbonyl (C=O) groups excluding carboxylic acids is 1. The Morgan fingerprint density at radius 1 is 1.46 bits per heavy atom. The molecular weight excluding hydrogens is 160 g/mol. The molecule has 72 valence electrons. The first-order chi connectivity index (χ1) is 6.02. The molecule has 0 atom stereocenters. The second kappa shape index (κ2) is 5.52. The van der Waals surface area contributed by atoms with Gasteiger partial charge in [-0.05, 0) is 17.6 Å². The summed E-state index contributed by atoms with van der Waals surface area (Å²) < 4.78 is 0. The summed E-state index contributed by atoms with van der Waals surface area (Å²) in [5, 5.41) is 0. The van der Waals surface area contributed by atoms with Gasteiger partial charge in [-0.15, -0.1) is 0 Å². The van der Waals surface area contributed by atoms with E-state index in [-0.39, 0.29) is 5.78 Å². The molecule has 0 spiro atoms. The van der Waals surface area contributed by atoms with E-state index in [2.05, 4.69) is 27.0 Å². The van der Waals surface area contributed by atoms with Crippen molar-refractivity contribution in [3.63, 3.8) is 0 Å². The summed E-state index contributed by atoms with van der Waals surface area (Å²) in [4.78, 5) is 11.2. The maximum atomic E-state index is 11.2. The maximum absolute atomic E-state index is 11.2. The smallest absolute Gasteiger partial charge is 0.162 e. The normalized spacial score (nSPS) is 11.5. The number of ketones is 1. The fraction of sp³-hybridized carbons (Fsp3) is 0.417. The molecule has 0 aromatic rings. The van der Waals surface area contributed by atoms with Crippen LogP contribution in [-0.2, 0) is 4.79 Å². The lowest BCUT2D eigenvalue weighted by Crippen LogP contribution is -1.99. The predicted octanol–water partition coefficient (Wildman–Crippen LogP) is 3.29. The van der Waals surface area contributed by atoms with Gasteiger partial charge >= 0.3 is 0 Å². The summed E-state index contributed by atoms with van der Waals surface area (Å²) in [5.41, 5.74) is 1.64. The van der Waals surface area contributed by atoms with Gasteiger partial charge < -0.3 is 0 Å². The average Bonchev–Trinajstić information content (AvgIpc) is 2.11. The van der Waals surface area contributed by atoms with E-state index in [9.17, 15) is 4.79 Å². The molecule has 0 N–H and O–H groups in total. The standard InChI is InChI=1S/C12H18O/c1-6-11(9(3)4)8-10(5)12(13)7-2/h6,8-9H,1,5,7H2,2-4H3/b11-8+. The van der Waals surface area contributed by atoms with Crippen LogP contribution in [-0.4, -0.2) is 5.78 Å². The average molecular weight is 178 g/mol. The maximum Gasteiger partial charge on any atom is 0.162 e. The molecule has 0 aliphatic carbocycles. The summed E-state index contributed by atoms with van der Waals surface area (Å²) in [7, 11) is 0. The Kier molecular flexibility index (Phi) is 5.05. The summed E-state index contributed by atoms with van der Waals surface area (Å²) >= 11 is 0. The first kappa shape index (κ1) is 11.9. The molecule has 0 aromatic carbocycles. The van der Waals surface area contributed by atoms with E-state index in [1.165, 1.54) is 0 Å². The molecule has 0 saturated heterocycles. The SMILES string of the molecule is C=C/C(=C\C(=C)C(=O)CC)C(C)C. The highest BCUT2D eigenvalue weighted by atomic mass is 16.1. The Morgan fingerprint density at radius 2 is 2.00 bits per heavy atom. The van der Waals surface area contributed by atoms with E-state index in [4.69, 9.17) is 0 Å².